The molecule has 1 aromatic rings. The van der Waals surface area contributed by atoms with Crippen molar-refractivity contribution in [1.82, 2.24) is 15.1 Å². The molecular formula is C11H17N5OS. The van der Waals surface area contributed by atoms with Gasteiger partial charge in [-0.2, -0.15) is 5.10 Å². The standard InChI is InChI=1S/C11H17N5OS/c1-7-9(10(12)18)11(15(2)14-7)16-5-3-8(17)13-4-6-16/h3-6H2,1-2H3,(H2,12,18)(H,13,17). The van der Waals surface area contributed by atoms with E-state index in [1.54, 1.807) is 4.68 Å². The maximum atomic E-state index is 11.4. The molecule has 0 bridgehead atoms. The lowest BCUT2D eigenvalue weighted by molar-refractivity contribution is -0.120. The normalized spacial score (nSPS) is 16.3. The lowest BCUT2D eigenvalue weighted by Crippen LogP contribution is -2.31. The van der Waals surface area contributed by atoms with Gasteiger partial charge in [-0.1, -0.05) is 12.2 Å². The van der Waals surface area contributed by atoms with E-state index in [4.69, 9.17) is 18.0 Å². The molecule has 6 nitrogen and oxygen atoms in total. The Morgan fingerprint density at radius 1 is 1.50 bits per heavy atom. The quantitative estimate of drug-likeness (QED) is 0.719. The molecule has 1 saturated heterocycles. The first-order valence-electron chi connectivity index (χ1n) is 5.85. The van der Waals surface area contributed by atoms with Gasteiger partial charge in [-0.25, -0.2) is 0 Å². The molecule has 0 aliphatic carbocycles. The molecular weight excluding hydrogens is 250 g/mol. The van der Waals surface area contributed by atoms with Gasteiger partial charge in [0, 0.05) is 33.1 Å². The third kappa shape index (κ3) is 2.31. The van der Waals surface area contributed by atoms with Gasteiger partial charge in [0.2, 0.25) is 5.91 Å². The Hall–Kier alpha value is -1.63. The Bertz CT molecular complexity index is 496. The third-order valence-corrected chi connectivity index (χ3v) is 3.25. The Kier molecular flexibility index (Phi) is 3.51. The minimum atomic E-state index is 0.0771. The molecule has 0 aromatic carbocycles. The van der Waals surface area contributed by atoms with E-state index in [2.05, 4.69) is 15.3 Å². The van der Waals surface area contributed by atoms with Crippen LogP contribution in [0.3, 0.4) is 0 Å². The van der Waals surface area contributed by atoms with Gasteiger partial charge in [0.25, 0.3) is 0 Å². The first kappa shape index (κ1) is 12.8. The topological polar surface area (TPSA) is 76.2 Å². The van der Waals surface area contributed by atoms with E-state index in [9.17, 15) is 4.79 Å². The number of anilines is 1. The third-order valence-electron chi connectivity index (χ3n) is 3.05. The number of rotatable bonds is 2. The van der Waals surface area contributed by atoms with Crippen molar-refractivity contribution in [3.63, 3.8) is 0 Å². The van der Waals surface area contributed by atoms with Gasteiger partial charge in [-0.05, 0) is 6.92 Å². The SMILES string of the molecule is Cc1nn(C)c(N2CCNC(=O)CC2)c1C(N)=S. The van der Waals surface area contributed by atoms with Gasteiger partial charge in [0.1, 0.15) is 10.8 Å². The number of carbonyl (C=O) groups excluding carboxylic acids is 1. The summed E-state index contributed by atoms with van der Waals surface area (Å²) in [5, 5.41) is 7.20. The molecule has 7 heteroatoms. The number of aromatic nitrogens is 2. The molecule has 18 heavy (non-hydrogen) atoms. The summed E-state index contributed by atoms with van der Waals surface area (Å²) in [5.74, 6) is 0.977. The van der Waals surface area contributed by atoms with Gasteiger partial charge in [-0.15, -0.1) is 0 Å². The average molecular weight is 267 g/mol. The molecule has 0 atom stereocenters. The number of hydrogen-bond donors (Lipinski definition) is 2. The lowest BCUT2D eigenvalue weighted by Gasteiger charge is -2.23. The number of carbonyl (C=O) groups is 1. The first-order chi connectivity index (χ1) is 8.50. The Morgan fingerprint density at radius 3 is 2.89 bits per heavy atom. The fraction of sp³-hybridized carbons (Fsp3) is 0.545. The summed E-state index contributed by atoms with van der Waals surface area (Å²) in [4.78, 5) is 13.8. The summed E-state index contributed by atoms with van der Waals surface area (Å²) in [6.45, 7) is 3.90. The zero-order chi connectivity index (χ0) is 13.3. The molecule has 0 saturated carbocycles. The highest BCUT2D eigenvalue weighted by molar-refractivity contribution is 7.80. The molecule has 1 fully saturated rings. The first-order valence-corrected chi connectivity index (χ1v) is 6.26. The van der Waals surface area contributed by atoms with E-state index in [0.29, 0.717) is 24.5 Å². The number of hydrogen-bond acceptors (Lipinski definition) is 4. The van der Waals surface area contributed by atoms with E-state index in [1.165, 1.54) is 0 Å². The number of aryl methyl sites for hydroxylation is 2. The van der Waals surface area contributed by atoms with Crippen molar-refractivity contribution in [2.24, 2.45) is 12.8 Å². The molecule has 1 aliphatic heterocycles. The molecule has 98 valence electrons. The van der Waals surface area contributed by atoms with E-state index in [1.807, 2.05) is 14.0 Å². The predicted molar refractivity (Wildman–Crippen MR) is 73.7 cm³/mol. The minimum Gasteiger partial charge on any atom is -0.389 e. The smallest absolute Gasteiger partial charge is 0.221 e. The molecule has 0 unspecified atom stereocenters. The summed E-state index contributed by atoms with van der Waals surface area (Å²) in [5.41, 5.74) is 7.40. The second kappa shape index (κ2) is 4.93. The van der Waals surface area contributed by atoms with E-state index in [0.717, 1.165) is 23.6 Å². The van der Waals surface area contributed by atoms with Crippen LogP contribution in [-0.2, 0) is 11.8 Å². The number of nitrogens with two attached hydrogens (primary N) is 1. The van der Waals surface area contributed by atoms with E-state index in [-0.39, 0.29) is 5.91 Å². The highest BCUT2D eigenvalue weighted by atomic mass is 32.1. The molecule has 2 heterocycles. The van der Waals surface area contributed by atoms with Crippen LogP contribution >= 0.6 is 12.2 Å². The second-order valence-corrected chi connectivity index (χ2v) is 4.80. The maximum Gasteiger partial charge on any atom is 0.221 e. The summed E-state index contributed by atoms with van der Waals surface area (Å²) in [6.07, 6.45) is 0.473. The van der Waals surface area contributed by atoms with Gasteiger partial charge >= 0.3 is 0 Å². The van der Waals surface area contributed by atoms with Crippen molar-refractivity contribution < 1.29 is 4.79 Å². The van der Waals surface area contributed by atoms with Crippen molar-refractivity contribution in [3.8, 4) is 0 Å². The van der Waals surface area contributed by atoms with E-state index >= 15 is 0 Å². The van der Waals surface area contributed by atoms with E-state index < -0.39 is 0 Å². The van der Waals surface area contributed by atoms with Crippen LogP contribution in [0.25, 0.3) is 0 Å². The molecule has 1 amide bonds. The van der Waals surface area contributed by atoms with Crippen LogP contribution in [0.15, 0.2) is 0 Å². The van der Waals surface area contributed by atoms with Gasteiger partial charge in [-0.3, -0.25) is 9.48 Å². The molecule has 3 N–H and O–H groups in total. The van der Waals surface area contributed by atoms with Gasteiger partial charge < -0.3 is 16.0 Å². The Labute approximate surface area is 111 Å². The lowest BCUT2D eigenvalue weighted by atomic mass is 10.2. The van der Waals surface area contributed by atoms with Crippen molar-refractivity contribution >= 4 is 28.9 Å². The zero-order valence-electron chi connectivity index (χ0n) is 10.6. The fourth-order valence-electron chi connectivity index (χ4n) is 2.28. The minimum absolute atomic E-state index is 0.0771. The Balaban J connectivity index is 2.37. The monoisotopic (exact) mass is 267 g/mol. The van der Waals surface area contributed by atoms with Crippen molar-refractivity contribution in [2.75, 3.05) is 24.5 Å². The van der Waals surface area contributed by atoms with Crippen molar-refractivity contribution in [1.29, 1.82) is 0 Å². The number of amides is 1. The molecule has 0 spiro atoms. The summed E-state index contributed by atoms with van der Waals surface area (Å²) in [7, 11) is 1.87. The van der Waals surface area contributed by atoms with Crippen molar-refractivity contribution in [2.45, 2.75) is 13.3 Å². The molecule has 2 rings (SSSR count). The second-order valence-electron chi connectivity index (χ2n) is 4.36. The number of thiocarbonyl (C=S) groups is 1. The summed E-state index contributed by atoms with van der Waals surface area (Å²) >= 11 is 5.09. The van der Waals surface area contributed by atoms with Crippen LogP contribution in [-0.4, -0.2) is 40.3 Å². The zero-order valence-corrected chi connectivity index (χ0v) is 11.4. The highest BCUT2D eigenvalue weighted by Gasteiger charge is 2.23. The largest absolute Gasteiger partial charge is 0.389 e. The van der Waals surface area contributed by atoms with Crippen LogP contribution in [0.1, 0.15) is 17.7 Å². The molecule has 0 radical (unpaired) electrons. The number of nitrogens with one attached hydrogen (secondary N) is 1. The summed E-state index contributed by atoms with van der Waals surface area (Å²) in [6, 6.07) is 0. The van der Waals surface area contributed by atoms with Crippen LogP contribution in [0.4, 0.5) is 5.82 Å². The van der Waals surface area contributed by atoms with Crippen LogP contribution < -0.4 is 16.0 Å². The maximum absolute atomic E-state index is 11.4. The number of nitrogens with zero attached hydrogens (tertiary/aromatic N) is 3. The van der Waals surface area contributed by atoms with Crippen LogP contribution in [0, 0.1) is 6.92 Å². The summed E-state index contributed by atoms with van der Waals surface area (Å²) < 4.78 is 1.78. The highest BCUT2D eigenvalue weighted by Crippen LogP contribution is 2.23. The van der Waals surface area contributed by atoms with Crippen molar-refractivity contribution in [3.05, 3.63) is 11.3 Å². The van der Waals surface area contributed by atoms with Gasteiger partial charge in [0.15, 0.2) is 0 Å². The average Bonchev–Trinajstić information content (AvgIpc) is 2.46. The van der Waals surface area contributed by atoms with Gasteiger partial charge in [0.05, 0.1) is 11.3 Å². The van der Waals surface area contributed by atoms with Crippen LogP contribution in [0.5, 0.6) is 0 Å². The Morgan fingerprint density at radius 2 is 2.22 bits per heavy atom. The van der Waals surface area contributed by atoms with Crippen LogP contribution in [0.2, 0.25) is 0 Å². The molecule has 1 aliphatic rings. The molecule has 1 aromatic heterocycles. The fourth-order valence-corrected chi connectivity index (χ4v) is 2.52. The predicted octanol–water partition coefficient (Wildman–Crippen LogP) is -0.311.